The second kappa shape index (κ2) is 5.14. The van der Waals surface area contributed by atoms with Gasteiger partial charge in [-0.15, -0.1) is 0 Å². The van der Waals surface area contributed by atoms with Gasteiger partial charge in [-0.1, -0.05) is 6.92 Å². The zero-order chi connectivity index (χ0) is 12.3. The molecule has 1 N–H and O–H groups in total. The van der Waals surface area contributed by atoms with Crippen molar-refractivity contribution in [2.24, 2.45) is 7.05 Å². The molecule has 0 aliphatic carbocycles. The first-order valence-corrected chi connectivity index (χ1v) is 5.91. The molecule has 0 aliphatic heterocycles. The van der Waals surface area contributed by atoms with Gasteiger partial charge in [0, 0.05) is 31.0 Å². The number of aromatic nitrogens is 4. The van der Waals surface area contributed by atoms with E-state index in [0.717, 1.165) is 18.7 Å². The van der Waals surface area contributed by atoms with Crippen molar-refractivity contribution in [2.45, 2.75) is 25.9 Å². The van der Waals surface area contributed by atoms with E-state index in [1.54, 1.807) is 0 Å². The Labute approximate surface area is 101 Å². The molecule has 0 radical (unpaired) electrons. The summed E-state index contributed by atoms with van der Waals surface area (Å²) in [5.74, 6) is 0. The lowest BCUT2D eigenvalue weighted by molar-refractivity contribution is 0.575. The zero-order valence-electron chi connectivity index (χ0n) is 10.6. The van der Waals surface area contributed by atoms with Gasteiger partial charge in [0.15, 0.2) is 0 Å². The van der Waals surface area contributed by atoms with E-state index >= 15 is 0 Å². The Morgan fingerprint density at radius 3 is 2.88 bits per heavy atom. The number of hydrogen-bond donors (Lipinski definition) is 1. The number of aryl methyl sites for hydroxylation is 1. The monoisotopic (exact) mass is 233 g/mol. The van der Waals surface area contributed by atoms with Gasteiger partial charge in [0.25, 0.3) is 0 Å². The van der Waals surface area contributed by atoms with Crippen molar-refractivity contribution in [3.05, 3.63) is 35.9 Å². The molecular weight excluding hydrogens is 214 g/mol. The van der Waals surface area contributed by atoms with Crippen LogP contribution in [0.3, 0.4) is 0 Å². The molecule has 0 spiro atoms. The van der Waals surface area contributed by atoms with E-state index in [4.69, 9.17) is 0 Å². The van der Waals surface area contributed by atoms with Crippen LogP contribution < -0.4 is 5.32 Å². The fourth-order valence-electron chi connectivity index (χ4n) is 1.97. The van der Waals surface area contributed by atoms with E-state index in [9.17, 15) is 0 Å². The van der Waals surface area contributed by atoms with Gasteiger partial charge in [0.05, 0.1) is 18.4 Å². The van der Waals surface area contributed by atoms with Crippen LogP contribution in [0.15, 0.2) is 24.7 Å². The van der Waals surface area contributed by atoms with Gasteiger partial charge in [-0.05, 0) is 19.5 Å². The summed E-state index contributed by atoms with van der Waals surface area (Å²) in [6.07, 6.45) is 7.01. The zero-order valence-corrected chi connectivity index (χ0v) is 10.6. The van der Waals surface area contributed by atoms with E-state index in [2.05, 4.69) is 28.6 Å². The first-order valence-electron chi connectivity index (χ1n) is 5.91. The quantitative estimate of drug-likeness (QED) is 0.847. The Morgan fingerprint density at radius 1 is 1.47 bits per heavy atom. The minimum Gasteiger partial charge on any atom is -0.313 e. The average molecular weight is 233 g/mol. The van der Waals surface area contributed by atoms with Gasteiger partial charge in [-0.2, -0.15) is 10.2 Å². The van der Waals surface area contributed by atoms with Crippen LogP contribution in [0.25, 0.3) is 0 Å². The van der Waals surface area contributed by atoms with Crippen molar-refractivity contribution in [3.8, 4) is 0 Å². The normalized spacial score (nSPS) is 12.9. The summed E-state index contributed by atoms with van der Waals surface area (Å²) >= 11 is 0. The molecule has 2 rings (SSSR count). The van der Waals surface area contributed by atoms with E-state index in [1.165, 1.54) is 5.56 Å². The Hall–Kier alpha value is -1.62. The van der Waals surface area contributed by atoms with Crippen LogP contribution in [0.1, 0.15) is 30.6 Å². The first-order chi connectivity index (χ1) is 8.22. The molecule has 2 aromatic heterocycles. The molecule has 1 atom stereocenters. The summed E-state index contributed by atoms with van der Waals surface area (Å²) in [6.45, 7) is 2.89. The summed E-state index contributed by atoms with van der Waals surface area (Å²) in [6, 6.07) is 2.39. The Balaban J connectivity index is 2.08. The predicted octanol–water partition coefficient (Wildman–Crippen LogP) is 1.34. The molecule has 5 nitrogen and oxygen atoms in total. The maximum absolute atomic E-state index is 4.36. The van der Waals surface area contributed by atoms with Crippen LogP contribution in [-0.4, -0.2) is 26.6 Å². The van der Waals surface area contributed by atoms with Crippen LogP contribution in [0.5, 0.6) is 0 Å². The molecule has 2 aromatic rings. The number of nitrogens with one attached hydrogen (secondary N) is 1. The third-order valence-corrected chi connectivity index (χ3v) is 2.91. The highest BCUT2D eigenvalue weighted by molar-refractivity contribution is 5.11. The largest absolute Gasteiger partial charge is 0.313 e. The SMILES string of the molecule is CCC(NC)c1cnn(Cc2ccn(C)n2)c1. The van der Waals surface area contributed by atoms with E-state index in [1.807, 2.05) is 41.9 Å². The average Bonchev–Trinajstić information content (AvgIpc) is 2.91. The van der Waals surface area contributed by atoms with E-state index < -0.39 is 0 Å². The van der Waals surface area contributed by atoms with Crippen molar-refractivity contribution in [1.29, 1.82) is 0 Å². The summed E-state index contributed by atoms with van der Waals surface area (Å²) in [5.41, 5.74) is 2.26. The van der Waals surface area contributed by atoms with Crippen LogP contribution in [0.4, 0.5) is 0 Å². The van der Waals surface area contributed by atoms with Gasteiger partial charge in [-0.3, -0.25) is 9.36 Å². The van der Waals surface area contributed by atoms with Crippen LogP contribution >= 0.6 is 0 Å². The minimum atomic E-state index is 0.382. The molecule has 5 heteroatoms. The molecule has 92 valence electrons. The molecule has 0 saturated carbocycles. The van der Waals surface area contributed by atoms with Gasteiger partial charge in [0.1, 0.15) is 0 Å². The lowest BCUT2D eigenvalue weighted by Crippen LogP contribution is -2.14. The topological polar surface area (TPSA) is 47.7 Å². The van der Waals surface area contributed by atoms with E-state index in [0.29, 0.717) is 6.04 Å². The molecule has 1 unspecified atom stereocenters. The first kappa shape index (κ1) is 11.9. The second-order valence-electron chi connectivity index (χ2n) is 4.20. The lowest BCUT2D eigenvalue weighted by Gasteiger charge is -2.10. The summed E-state index contributed by atoms with van der Waals surface area (Å²) in [4.78, 5) is 0. The number of nitrogens with zero attached hydrogens (tertiary/aromatic N) is 4. The molecule has 17 heavy (non-hydrogen) atoms. The lowest BCUT2D eigenvalue weighted by atomic mass is 10.1. The maximum atomic E-state index is 4.36. The van der Waals surface area contributed by atoms with Gasteiger partial charge >= 0.3 is 0 Å². The molecule has 2 heterocycles. The third-order valence-electron chi connectivity index (χ3n) is 2.91. The van der Waals surface area contributed by atoms with Crippen molar-refractivity contribution in [1.82, 2.24) is 24.9 Å². The molecule has 0 amide bonds. The minimum absolute atomic E-state index is 0.382. The van der Waals surface area contributed by atoms with Gasteiger partial charge in [0.2, 0.25) is 0 Å². The smallest absolute Gasteiger partial charge is 0.0849 e. The Kier molecular flexibility index (Phi) is 3.58. The predicted molar refractivity (Wildman–Crippen MR) is 66.6 cm³/mol. The van der Waals surface area contributed by atoms with Gasteiger partial charge in [-0.25, -0.2) is 0 Å². The highest BCUT2D eigenvalue weighted by Gasteiger charge is 2.09. The number of rotatable bonds is 5. The maximum Gasteiger partial charge on any atom is 0.0849 e. The fraction of sp³-hybridized carbons (Fsp3) is 0.500. The van der Waals surface area contributed by atoms with Crippen LogP contribution in [-0.2, 0) is 13.6 Å². The van der Waals surface area contributed by atoms with Crippen molar-refractivity contribution in [3.63, 3.8) is 0 Å². The highest BCUT2D eigenvalue weighted by Crippen LogP contribution is 2.15. The second-order valence-corrected chi connectivity index (χ2v) is 4.20. The summed E-state index contributed by atoms with van der Waals surface area (Å²) in [7, 11) is 3.90. The Morgan fingerprint density at radius 2 is 2.29 bits per heavy atom. The molecule has 0 aliphatic rings. The van der Waals surface area contributed by atoms with Crippen molar-refractivity contribution < 1.29 is 0 Å². The molecule has 0 aromatic carbocycles. The highest BCUT2D eigenvalue weighted by atomic mass is 15.3. The van der Waals surface area contributed by atoms with Crippen molar-refractivity contribution in [2.75, 3.05) is 7.05 Å². The molecule has 0 saturated heterocycles. The number of hydrogen-bond acceptors (Lipinski definition) is 3. The fourth-order valence-corrected chi connectivity index (χ4v) is 1.97. The summed E-state index contributed by atoms with van der Waals surface area (Å²) < 4.78 is 3.74. The summed E-state index contributed by atoms with van der Waals surface area (Å²) in [5, 5.41) is 12.0. The van der Waals surface area contributed by atoms with Crippen LogP contribution in [0, 0.1) is 0 Å². The van der Waals surface area contributed by atoms with Crippen molar-refractivity contribution >= 4 is 0 Å². The standard InChI is InChI=1S/C12H19N5/c1-4-12(13-2)10-7-14-17(8-10)9-11-5-6-16(3)15-11/h5-8,12-13H,4,9H2,1-3H3. The third kappa shape index (κ3) is 2.74. The van der Waals surface area contributed by atoms with E-state index in [-0.39, 0.29) is 0 Å². The van der Waals surface area contributed by atoms with Crippen LogP contribution in [0.2, 0.25) is 0 Å². The Bertz CT molecular complexity index is 467. The molecule has 0 bridgehead atoms. The molecular formula is C12H19N5. The van der Waals surface area contributed by atoms with Gasteiger partial charge < -0.3 is 5.32 Å². The molecule has 0 fully saturated rings.